The van der Waals surface area contributed by atoms with Crippen LogP contribution in [0.25, 0.3) is 0 Å². The summed E-state index contributed by atoms with van der Waals surface area (Å²) in [7, 11) is 0. The molecule has 2 bridgehead atoms. The predicted molar refractivity (Wildman–Crippen MR) is 98.0 cm³/mol. The number of ether oxygens (including phenoxy) is 1. The number of para-hydroxylation sites is 1. The Morgan fingerprint density at radius 2 is 1.96 bits per heavy atom. The predicted octanol–water partition coefficient (Wildman–Crippen LogP) is 1.92. The zero-order chi connectivity index (χ0) is 18.6. The van der Waals surface area contributed by atoms with Gasteiger partial charge in [-0.25, -0.2) is 0 Å². The quantitative estimate of drug-likeness (QED) is 0.792. The fourth-order valence-corrected chi connectivity index (χ4v) is 5.58. The maximum Gasteiger partial charge on any atom is 0.258 e. The summed E-state index contributed by atoms with van der Waals surface area (Å²) in [6.07, 6.45) is 4.54. The molecule has 3 saturated carbocycles. The second-order valence-electron chi connectivity index (χ2n) is 8.58. The second-order valence-corrected chi connectivity index (χ2v) is 8.58. The Kier molecular flexibility index (Phi) is 3.93. The van der Waals surface area contributed by atoms with Crippen molar-refractivity contribution in [3.8, 4) is 5.75 Å². The van der Waals surface area contributed by atoms with Crippen LogP contribution in [0.2, 0.25) is 0 Å². The van der Waals surface area contributed by atoms with E-state index in [0.29, 0.717) is 43.7 Å². The van der Waals surface area contributed by atoms with Crippen LogP contribution in [0.4, 0.5) is 0 Å². The van der Waals surface area contributed by atoms with Crippen molar-refractivity contribution >= 4 is 11.8 Å². The normalized spacial score (nSPS) is 35.5. The van der Waals surface area contributed by atoms with Gasteiger partial charge < -0.3 is 20.1 Å². The molecule has 2 amide bonds. The van der Waals surface area contributed by atoms with Crippen LogP contribution in [0.5, 0.6) is 5.75 Å². The van der Waals surface area contributed by atoms with Gasteiger partial charge in [-0.05, 0) is 50.2 Å². The summed E-state index contributed by atoms with van der Waals surface area (Å²) in [6.45, 7) is 1.30. The van der Waals surface area contributed by atoms with Crippen molar-refractivity contribution in [3.05, 3.63) is 29.8 Å². The van der Waals surface area contributed by atoms with E-state index in [2.05, 4.69) is 5.32 Å². The number of nitrogens with zero attached hydrogens (tertiary/aromatic N) is 1. The van der Waals surface area contributed by atoms with Crippen LogP contribution in [0.15, 0.2) is 24.3 Å². The molecule has 1 spiro atoms. The van der Waals surface area contributed by atoms with Gasteiger partial charge in [-0.15, -0.1) is 0 Å². The molecule has 2 aliphatic heterocycles. The summed E-state index contributed by atoms with van der Waals surface area (Å²) in [6, 6.07) is 7.38. The van der Waals surface area contributed by atoms with Gasteiger partial charge in [-0.1, -0.05) is 12.1 Å². The highest BCUT2D eigenvalue weighted by atomic mass is 16.5. The molecule has 0 aromatic heterocycles. The van der Waals surface area contributed by atoms with Gasteiger partial charge in [0.05, 0.1) is 11.7 Å². The largest absolute Gasteiger partial charge is 0.467 e. The molecule has 144 valence electrons. The third kappa shape index (κ3) is 2.73. The van der Waals surface area contributed by atoms with Crippen LogP contribution < -0.4 is 10.1 Å². The Hall–Kier alpha value is -2.08. The van der Waals surface area contributed by atoms with Gasteiger partial charge >= 0.3 is 0 Å². The van der Waals surface area contributed by atoms with E-state index in [0.717, 1.165) is 19.3 Å². The Morgan fingerprint density at radius 3 is 2.70 bits per heavy atom. The van der Waals surface area contributed by atoms with E-state index in [4.69, 9.17) is 4.74 Å². The fourth-order valence-electron chi connectivity index (χ4n) is 5.58. The van der Waals surface area contributed by atoms with Gasteiger partial charge in [0, 0.05) is 31.3 Å². The minimum Gasteiger partial charge on any atom is -0.467 e. The van der Waals surface area contributed by atoms with E-state index in [1.165, 1.54) is 0 Å². The lowest BCUT2D eigenvalue weighted by atomic mass is 9.59. The molecule has 4 fully saturated rings. The number of carbonyl (C=O) groups excluding carboxylic acids is 2. The minimum absolute atomic E-state index is 0.0160. The summed E-state index contributed by atoms with van der Waals surface area (Å²) >= 11 is 0. The van der Waals surface area contributed by atoms with E-state index >= 15 is 0 Å². The smallest absolute Gasteiger partial charge is 0.258 e. The number of aliphatic hydroxyl groups is 1. The number of benzene rings is 1. The molecule has 6 nitrogen and oxygen atoms in total. The highest BCUT2D eigenvalue weighted by Gasteiger charge is 2.57. The molecule has 2 N–H and O–H groups in total. The SMILES string of the molecule is O=C1N[C@@]2(C[C@H]3CC[C@H]2C[C@H]3C(=O)N2CCC(O)CC2)Oc2ccccc21. The third-order valence-electron chi connectivity index (χ3n) is 7.06. The van der Waals surface area contributed by atoms with Gasteiger partial charge in [-0.3, -0.25) is 9.59 Å². The Bertz CT molecular complexity index is 773. The molecule has 4 atom stereocenters. The van der Waals surface area contributed by atoms with Crippen molar-refractivity contribution in [2.75, 3.05) is 13.1 Å². The van der Waals surface area contributed by atoms with E-state index in [9.17, 15) is 14.7 Å². The molecule has 5 aliphatic rings. The Labute approximate surface area is 158 Å². The molecule has 1 aromatic rings. The molecule has 0 unspecified atom stereocenters. The molecule has 3 aliphatic carbocycles. The average Bonchev–Trinajstić information content (AvgIpc) is 2.68. The number of rotatable bonds is 1. The maximum absolute atomic E-state index is 13.1. The molecular weight excluding hydrogens is 344 g/mol. The van der Waals surface area contributed by atoms with Crippen molar-refractivity contribution in [1.82, 2.24) is 10.2 Å². The van der Waals surface area contributed by atoms with Gasteiger partial charge in [0.15, 0.2) is 5.72 Å². The van der Waals surface area contributed by atoms with Crippen molar-refractivity contribution < 1.29 is 19.4 Å². The number of likely N-dealkylation sites (tertiary alicyclic amines) is 1. The first-order valence-corrected chi connectivity index (χ1v) is 10.1. The van der Waals surface area contributed by atoms with Crippen molar-refractivity contribution in [1.29, 1.82) is 0 Å². The van der Waals surface area contributed by atoms with E-state index in [-0.39, 0.29) is 35.7 Å². The molecule has 2 heterocycles. The lowest BCUT2D eigenvalue weighted by molar-refractivity contribution is -0.157. The zero-order valence-corrected chi connectivity index (χ0v) is 15.4. The van der Waals surface area contributed by atoms with Crippen LogP contribution in [-0.2, 0) is 4.79 Å². The van der Waals surface area contributed by atoms with Crippen molar-refractivity contribution in [2.45, 2.75) is 50.4 Å². The maximum atomic E-state index is 13.1. The molecule has 1 saturated heterocycles. The van der Waals surface area contributed by atoms with Crippen molar-refractivity contribution in [3.63, 3.8) is 0 Å². The number of amides is 2. The number of hydrogen-bond donors (Lipinski definition) is 2. The average molecular weight is 370 g/mol. The first-order valence-electron chi connectivity index (χ1n) is 10.1. The van der Waals surface area contributed by atoms with Gasteiger partial charge in [-0.2, -0.15) is 0 Å². The van der Waals surface area contributed by atoms with E-state index in [1.54, 1.807) is 6.07 Å². The summed E-state index contributed by atoms with van der Waals surface area (Å²) < 4.78 is 6.36. The summed E-state index contributed by atoms with van der Waals surface area (Å²) in [4.78, 5) is 27.7. The third-order valence-corrected chi connectivity index (χ3v) is 7.06. The molecule has 6 heteroatoms. The highest BCUT2D eigenvalue weighted by Crippen LogP contribution is 2.52. The van der Waals surface area contributed by atoms with E-state index in [1.807, 2.05) is 23.1 Å². The highest BCUT2D eigenvalue weighted by molar-refractivity contribution is 5.98. The summed E-state index contributed by atoms with van der Waals surface area (Å²) in [5.74, 6) is 1.22. The first kappa shape index (κ1) is 17.0. The van der Waals surface area contributed by atoms with Crippen LogP contribution in [0, 0.1) is 17.8 Å². The van der Waals surface area contributed by atoms with Gasteiger partial charge in [0.1, 0.15) is 5.75 Å². The number of aliphatic hydroxyl groups excluding tert-OH is 1. The monoisotopic (exact) mass is 370 g/mol. The topological polar surface area (TPSA) is 78.9 Å². The van der Waals surface area contributed by atoms with Crippen LogP contribution >= 0.6 is 0 Å². The molecule has 1 aromatic carbocycles. The number of hydrogen-bond acceptors (Lipinski definition) is 4. The second kappa shape index (κ2) is 6.23. The number of nitrogens with one attached hydrogen (secondary N) is 1. The lowest BCUT2D eigenvalue weighted by Crippen LogP contribution is -2.67. The van der Waals surface area contributed by atoms with Gasteiger partial charge in [0.25, 0.3) is 5.91 Å². The Balaban J connectivity index is 1.35. The summed E-state index contributed by atoms with van der Waals surface area (Å²) in [5.41, 5.74) is -0.0764. The van der Waals surface area contributed by atoms with Crippen LogP contribution in [0.3, 0.4) is 0 Å². The van der Waals surface area contributed by atoms with E-state index < -0.39 is 5.72 Å². The Morgan fingerprint density at radius 1 is 1.19 bits per heavy atom. The van der Waals surface area contributed by atoms with Crippen LogP contribution in [0.1, 0.15) is 48.9 Å². The molecular formula is C21H26N2O4. The molecule has 0 radical (unpaired) electrons. The minimum atomic E-state index is -0.663. The van der Waals surface area contributed by atoms with Crippen LogP contribution in [-0.4, -0.2) is 46.7 Å². The number of piperidine rings is 1. The molecule has 6 rings (SSSR count). The zero-order valence-electron chi connectivity index (χ0n) is 15.4. The number of fused-ring (bicyclic) bond motifs is 3. The first-order chi connectivity index (χ1) is 13.1. The molecule has 27 heavy (non-hydrogen) atoms. The van der Waals surface area contributed by atoms with Gasteiger partial charge in [0.2, 0.25) is 5.91 Å². The lowest BCUT2D eigenvalue weighted by Gasteiger charge is -2.55. The fraction of sp³-hybridized carbons (Fsp3) is 0.619. The number of carbonyl (C=O) groups is 2. The van der Waals surface area contributed by atoms with Crippen molar-refractivity contribution in [2.24, 2.45) is 17.8 Å². The standard InChI is InChI=1S/C21H26N2O4/c24-15-7-9-23(10-8-15)20(26)17-11-14-6-5-13(17)12-21(14)22-19(25)16-3-1-2-4-18(16)27-21/h1-4,13-15,17,24H,5-12H2,(H,22,25)/t13-,14+,17-,21+/m1/s1. The summed E-state index contributed by atoms with van der Waals surface area (Å²) in [5, 5.41) is 12.8.